The van der Waals surface area contributed by atoms with Crippen molar-refractivity contribution >= 4 is 34.2 Å². The van der Waals surface area contributed by atoms with Gasteiger partial charge in [0.15, 0.2) is 11.6 Å². The molecule has 4 aromatic rings. The number of hydrogen-bond donors (Lipinski definition) is 0. The monoisotopic (exact) mass is 742 g/mol. The van der Waals surface area contributed by atoms with E-state index in [4.69, 9.17) is 5.10 Å². The number of nitrogens with zero attached hydrogens (tertiary/aromatic N) is 6. The Morgan fingerprint density at radius 1 is 0.944 bits per heavy atom. The van der Waals surface area contributed by atoms with Gasteiger partial charge in [0.2, 0.25) is 5.91 Å². The second-order valence-electron chi connectivity index (χ2n) is 16.2. The van der Waals surface area contributed by atoms with Crippen molar-refractivity contribution in [3.8, 4) is 11.1 Å². The molecule has 13 heteroatoms. The Kier molecular flexibility index (Phi) is 9.58. The van der Waals surface area contributed by atoms with E-state index in [2.05, 4.69) is 15.0 Å². The predicted octanol–water partition coefficient (Wildman–Crippen LogP) is 7.39. The molecule has 2 aliphatic heterocycles. The predicted molar refractivity (Wildman–Crippen MR) is 194 cm³/mol. The summed E-state index contributed by atoms with van der Waals surface area (Å²) in [5, 5.41) is 5.32. The van der Waals surface area contributed by atoms with Gasteiger partial charge in [-0.3, -0.25) is 23.9 Å². The summed E-state index contributed by atoms with van der Waals surface area (Å²) >= 11 is 0. The lowest BCUT2D eigenvalue weighted by Gasteiger charge is -2.27. The number of rotatable bonds is 5. The quantitative estimate of drug-likeness (QED) is 0.194. The highest BCUT2D eigenvalue weighted by atomic mass is 19.4. The number of halogens is 3. The van der Waals surface area contributed by atoms with Gasteiger partial charge >= 0.3 is 6.18 Å². The highest BCUT2D eigenvalue weighted by Gasteiger charge is 2.66. The maximum Gasteiger partial charge on any atom is 0.433 e. The third kappa shape index (κ3) is 7.09. The van der Waals surface area contributed by atoms with E-state index in [-0.39, 0.29) is 47.9 Å². The number of carbonyl (C=O) groups is 4. The molecule has 7 rings (SSSR count). The van der Waals surface area contributed by atoms with E-state index in [9.17, 15) is 32.3 Å². The lowest BCUT2D eigenvalue weighted by Crippen LogP contribution is -2.45. The number of piperidine rings is 1. The number of carbonyl (C=O) groups excluding carboxylic acids is 4. The molecule has 1 amide bonds. The van der Waals surface area contributed by atoms with Gasteiger partial charge in [-0.25, -0.2) is 15.0 Å². The third-order valence-corrected chi connectivity index (χ3v) is 11.9. The lowest BCUT2D eigenvalue weighted by molar-refractivity contribution is -0.141. The van der Waals surface area contributed by atoms with Crippen molar-refractivity contribution in [2.75, 3.05) is 0 Å². The standard InChI is InChI=1S/C41H45F3N6O4/c1-23-10-11-33(41(42,43)44)47-30(23)17-32(52)31-18-40-14-12-35(53)39(4,5)13-8-6-7-9-26-15-27(28-20-45-25(3)46-21-28)16-29-37(24(2)51)48-49(38(26)29)22-36(54)50(31)34(40)19-40/h10-11,15-16,20-21,31,34H,6-9,12-14,17-19,22H2,1-5H3/t31-,34+,40-/m0/s1. The summed E-state index contributed by atoms with van der Waals surface area (Å²) in [5.74, 6) is -0.256. The van der Waals surface area contributed by atoms with Crippen LogP contribution in [0.25, 0.3) is 22.0 Å². The van der Waals surface area contributed by atoms with Crippen LogP contribution < -0.4 is 0 Å². The molecule has 284 valence electrons. The number of aromatic nitrogens is 5. The molecule has 1 saturated carbocycles. The SMILES string of the molecule is CC(=O)c1nn2c3c(cc(-c4cnc(C)nc4)cc13)CCCCCC(C)(C)C(=O)CC[C@@]13C[C@@H](C(=O)Cc4nc(C(F)(F)F)ccc4C)N(C(=O)C2)[C@@H]1C3. The maximum absolute atomic E-state index is 14.6. The minimum atomic E-state index is -4.67. The van der Waals surface area contributed by atoms with E-state index in [0.717, 1.165) is 48.4 Å². The largest absolute Gasteiger partial charge is 0.433 e. The topological polar surface area (TPSA) is 128 Å². The van der Waals surface area contributed by atoms with E-state index < -0.39 is 34.5 Å². The first kappa shape index (κ1) is 37.5. The molecule has 1 aromatic carbocycles. The Bertz CT molecular complexity index is 2180. The smallest absolute Gasteiger partial charge is 0.327 e. The summed E-state index contributed by atoms with van der Waals surface area (Å²) in [6, 6.07) is 4.90. The van der Waals surface area contributed by atoms with Crippen LogP contribution in [-0.4, -0.2) is 65.0 Å². The van der Waals surface area contributed by atoms with Gasteiger partial charge < -0.3 is 4.90 Å². The number of hydrogen-bond acceptors (Lipinski definition) is 8. The first-order valence-corrected chi connectivity index (χ1v) is 18.7. The van der Waals surface area contributed by atoms with Gasteiger partial charge in [-0.15, -0.1) is 0 Å². The Morgan fingerprint density at radius 2 is 1.69 bits per heavy atom. The van der Waals surface area contributed by atoms with Crippen molar-refractivity contribution < 1.29 is 32.3 Å². The van der Waals surface area contributed by atoms with Crippen LogP contribution in [0.4, 0.5) is 13.2 Å². The molecular weight excluding hydrogens is 697 g/mol. The second-order valence-corrected chi connectivity index (χ2v) is 16.2. The van der Waals surface area contributed by atoms with E-state index >= 15 is 0 Å². The summed E-state index contributed by atoms with van der Waals surface area (Å²) < 4.78 is 42.3. The van der Waals surface area contributed by atoms with Crippen molar-refractivity contribution in [3.05, 3.63) is 70.7 Å². The van der Waals surface area contributed by atoms with Crippen molar-refractivity contribution in [2.45, 2.75) is 124 Å². The fourth-order valence-corrected chi connectivity index (χ4v) is 8.60. The highest BCUT2D eigenvalue weighted by molar-refractivity contribution is 6.07. The van der Waals surface area contributed by atoms with Gasteiger partial charge in [0, 0.05) is 48.1 Å². The molecule has 2 bridgehead atoms. The second kappa shape index (κ2) is 13.8. The van der Waals surface area contributed by atoms with Crippen LogP contribution in [0.5, 0.6) is 0 Å². The molecule has 2 fully saturated rings. The van der Waals surface area contributed by atoms with Gasteiger partial charge in [0.25, 0.3) is 0 Å². The summed E-state index contributed by atoms with van der Waals surface area (Å²) in [7, 11) is 0. The molecular formula is C41H45F3N6O4. The van der Waals surface area contributed by atoms with Crippen LogP contribution in [0.3, 0.4) is 0 Å². The van der Waals surface area contributed by atoms with E-state index in [1.165, 1.54) is 13.0 Å². The molecule has 3 aromatic heterocycles. The van der Waals surface area contributed by atoms with Crippen molar-refractivity contribution in [1.29, 1.82) is 0 Å². The van der Waals surface area contributed by atoms with Crippen LogP contribution in [0.15, 0.2) is 36.7 Å². The van der Waals surface area contributed by atoms with Crippen LogP contribution >= 0.6 is 0 Å². The molecule has 0 unspecified atom stereocenters. The lowest BCUT2D eigenvalue weighted by atomic mass is 9.79. The van der Waals surface area contributed by atoms with Crippen molar-refractivity contribution in [2.24, 2.45) is 10.8 Å². The minimum Gasteiger partial charge on any atom is -0.327 e. The molecule has 3 aliphatic rings. The molecule has 5 heterocycles. The Morgan fingerprint density at radius 3 is 2.39 bits per heavy atom. The Hall–Kier alpha value is -4.81. The van der Waals surface area contributed by atoms with E-state index in [0.29, 0.717) is 54.4 Å². The molecule has 3 atom stereocenters. The minimum absolute atomic E-state index is 0.0202. The van der Waals surface area contributed by atoms with Crippen LogP contribution in [0, 0.1) is 24.7 Å². The van der Waals surface area contributed by atoms with Crippen LogP contribution in [0.1, 0.15) is 111 Å². The van der Waals surface area contributed by atoms with Gasteiger partial charge in [-0.1, -0.05) is 32.8 Å². The number of benzene rings is 1. The molecule has 54 heavy (non-hydrogen) atoms. The van der Waals surface area contributed by atoms with E-state index in [1.807, 2.05) is 26.0 Å². The molecule has 1 aliphatic carbocycles. The normalized spacial score (nSPS) is 23.3. The number of ketones is 3. The first-order chi connectivity index (χ1) is 25.5. The van der Waals surface area contributed by atoms with Gasteiger partial charge in [0.1, 0.15) is 29.5 Å². The number of Topliss-reactive ketones (excluding diaryl/α,β-unsaturated/α-hetero) is 3. The number of alkyl halides is 3. The zero-order chi connectivity index (χ0) is 38.7. The van der Waals surface area contributed by atoms with Gasteiger partial charge in [-0.2, -0.15) is 18.3 Å². The molecule has 0 spiro atoms. The summed E-state index contributed by atoms with van der Waals surface area (Å²) in [4.78, 5) is 69.5. The van der Waals surface area contributed by atoms with E-state index in [1.54, 1.807) is 35.8 Å². The fraction of sp³-hybridized carbons (Fsp3) is 0.512. The Balaban J connectivity index is 1.30. The number of aryl methyl sites for hydroxylation is 3. The van der Waals surface area contributed by atoms with Crippen molar-refractivity contribution in [1.82, 2.24) is 29.6 Å². The fourth-order valence-electron chi connectivity index (χ4n) is 8.60. The number of pyridine rings is 1. The van der Waals surface area contributed by atoms with Gasteiger partial charge in [-0.05, 0) is 92.7 Å². The van der Waals surface area contributed by atoms with Gasteiger partial charge in [0.05, 0.1) is 23.7 Å². The first-order valence-electron chi connectivity index (χ1n) is 18.7. The molecule has 1 saturated heterocycles. The highest BCUT2D eigenvalue weighted by Crippen LogP contribution is 2.62. The summed E-state index contributed by atoms with van der Waals surface area (Å²) in [6.07, 6.45) is 4.10. The molecule has 10 nitrogen and oxygen atoms in total. The van der Waals surface area contributed by atoms with Crippen LogP contribution in [-0.2, 0) is 39.9 Å². The summed E-state index contributed by atoms with van der Waals surface area (Å²) in [5.41, 5.74) is 1.78. The Labute approximate surface area is 312 Å². The van der Waals surface area contributed by atoms with Crippen LogP contribution in [0.2, 0.25) is 0 Å². The number of amides is 1. The molecule has 0 N–H and O–H groups in total. The average Bonchev–Trinajstić information content (AvgIpc) is 3.52. The zero-order valence-corrected chi connectivity index (χ0v) is 31.3. The average molecular weight is 743 g/mol. The zero-order valence-electron chi connectivity index (χ0n) is 31.3. The summed E-state index contributed by atoms with van der Waals surface area (Å²) in [6.45, 7) is 8.56. The van der Waals surface area contributed by atoms with Crippen molar-refractivity contribution in [3.63, 3.8) is 0 Å². The maximum atomic E-state index is 14.6. The third-order valence-electron chi connectivity index (χ3n) is 11.9. The molecule has 0 radical (unpaired) electrons.